The van der Waals surface area contributed by atoms with Crippen LogP contribution in [-0.2, 0) is 13.0 Å². The Kier molecular flexibility index (Phi) is 3.38. The summed E-state index contributed by atoms with van der Waals surface area (Å²) in [5.41, 5.74) is 2.22. The van der Waals surface area contributed by atoms with Crippen LogP contribution < -0.4 is 0 Å². The SMILES string of the molecule is CCn1ccnc1C(=O)Cc1ccccc1C. The van der Waals surface area contributed by atoms with Gasteiger partial charge in [0.15, 0.2) is 5.82 Å². The lowest BCUT2D eigenvalue weighted by Gasteiger charge is -2.06. The van der Waals surface area contributed by atoms with Gasteiger partial charge < -0.3 is 4.57 Å². The average molecular weight is 228 g/mol. The minimum Gasteiger partial charge on any atom is -0.329 e. The van der Waals surface area contributed by atoms with E-state index < -0.39 is 0 Å². The number of aromatic nitrogens is 2. The molecular weight excluding hydrogens is 212 g/mol. The normalized spacial score (nSPS) is 10.5. The maximum Gasteiger partial charge on any atom is 0.202 e. The van der Waals surface area contributed by atoms with Crippen LogP contribution in [0, 0.1) is 6.92 Å². The summed E-state index contributed by atoms with van der Waals surface area (Å²) in [5.74, 6) is 0.627. The van der Waals surface area contributed by atoms with E-state index in [0.29, 0.717) is 12.2 Å². The second-order valence-corrected chi connectivity index (χ2v) is 4.06. The lowest BCUT2D eigenvalue weighted by atomic mass is 10.0. The van der Waals surface area contributed by atoms with Crippen LogP contribution in [0.1, 0.15) is 28.7 Å². The molecular formula is C14H16N2O. The first kappa shape index (κ1) is 11.6. The summed E-state index contributed by atoms with van der Waals surface area (Å²) in [7, 11) is 0. The summed E-state index contributed by atoms with van der Waals surface area (Å²) in [5, 5.41) is 0. The minimum absolute atomic E-state index is 0.0751. The molecule has 0 spiro atoms. The standard InChI is InChI=1S/C14H16N2O/c1-3-16-9-8-15-14(16)13(17)10-12-7-5-4-6-11(12)2/h4-9H,3,10H2,1-2H3. The van der Waals surface area contributed by atoms with Crippen LogP contribution in [0.4, 0.5) is 0 Å². The first-order valence-corrected chi connectivity index (χ1v) is 5.81. The van der Waals surface area contributed by atoms with Crippen molar-refractivity contribution in [3.8, 4) is 0 Å². The van der Waals surface area contributed by atoms with E-state index in [1.807, 2.05) is 48.9 Å². The third-order valence-electron chi connectivity index (χ3n) is 2.92. The molecule has 0 atom stereocenters. The van der Waals surface area contributed by atoms with Crippen LogP contribution in [0.15, 0.2) is 36.7 Å². The van der Waals surface area contributed by atoms with Crippen molar-refractivity contribution in [1.82, 2.24) is 9.55 Å². The Bertz CT molecular complexity index is 529. The fraction of sp³-hybridized carbons (Fsp3) is 0.286. The number of nitrogens with zero attached hydrogens (tertiary/aromatic N) is 2. The minimum atomic E-state index is 0.0751. The number of imidazole rings is 1. The molecule has 0 radical (unpaired) electrons. The summed E-state index contributed by atoms with van der Waals surface area (Å²) in [4.78, 5) is 16.3. The fourth-order valence-corrected chi connectivity index (χ4v) is 1.88. The second-order valence-electron chi connectivity index (χ2n) is 4.06. The first-order valence-electron chi connectivity index (χ1n) is 5.81. The number of hydrogen-bond acceptors (Lipinski definition) is 2. The van der Waals surface area contributed by atoms with Gasteiger partial charge in [0.25, 0.3) is 0 Å². The van der Waals surface area contributed by atoms with Crippen LogP contribution in [0.3, 0.4) is 0 Å². The molecule has 1 aromatic carbocycles. The maximum atomic E-state index is 12.1. The molecule has 0 fully saturated rings. The van der Waals surface area contributed by atoms with Crippen molar-refractivity contribution in [3.63, 3.8) is 0 Å². The molecule has 2 aromatic rings. The van der Waals surface area contributed by atoms with Crippen molar-refractivity contribution < 1.29 is 4.79 Å². The number of rotatable bonds is 4. The van der Waals surface area contributed by atoms with Gasteiger partial charge in [0.1, 0.15) is 0 Å². The van der Waals surface area contributed by atoms with Gasteiger partial charge in [-0.1, -0.05) is 24.3 Å². The monoisotopic (exact) mass is 228 g/mol. The Labute approximate surface area is 101 Å². The van der Waals surface area contributed by atoms with E-state index in [2.05, 4.69) is 4.98 Å². The summed E-state index contributed by atoms with van der Waals surface area (Å²) in [6, 6.07) is 7.96. The predicted molar refractivity (Wildman–Crippen MR) is 67.1 cm³/mol. The molecule has 0 aliphatic carbocycles. The highest BCUT2D eigenvalue weighted by molar-refractivity contribution is 5.94. The van der Waals surface area contributed by atoms with Gasteiger partial charge in [0.05, 0.1) is 0 Å². The molecule has 0 N–H and O–H groups in total. The smallest absolute Gasteiger partial charge is 0.202 e. The lowest BCUT2D eigenvalue weighted by Crippen LogP contribution is -2.12. The second kappa shape index (κ2) is 4.95. The van der Waals surface area contributed by atoms with Crippen molar-refractivity contribution >= 4 is 5.78 Å². The first-order chi connectivity index (χ1) is 8.22. The molecule has 0 unspecified atom stereocenters. The molecule has 2 rings (SSSR count). The van der Waals surface area contributed by atoms with Crippen LogP contribution in [-0.4, -0.2) is 15.3 Å². The van der Waals surface area contributed by atoms with Gasteiger partial charge in [-0.2, -0.15) is 0 Å². The quantitative estimate of drug-likeness (QED) is 0.754. The number of benzene rings is 1. The van der Waals surface area contributed by atoms with Crippen molar-refractivity contribution in [2.75, 3.05) is 0 Å². The van der Waals surface area contributed by atoms with E-state index in [0.717, 1.165) is 17.7 Å². The van der Waals surface area contributed by atoms with E-state index >= 15 is 0 Å². The largest absolute Gasteiger partial charge is 0.329 e. The van der Waals surface area contributed by atoms with Gasteiger partial charge in [0.2, 0.25) is 5.78 Å². The molecule has 3 heteroatoms. The zero-order valence-electron chi connectivity index (χ0n) is 10.2. The number of aryl methyl sites for hydroxylation is 2. The van der Waals surface area contributed by atoms with Crippen molar-refractivity contribution in [3.05, 3.63) is 53.6 Å². The molecule has 0 bridgehead atoms. The Morgan fingerprint density at radius 2 is 2.12 bits per heavy atom. The van der Waals surface area contributed by atoms with Gasteiger partial charge in [-0.15, -0.1) is 0 Å². The van der Waals surface area contributed by atoms with Gasteiger partial charge in [0, 0.05) is 25.4 Å². The maximum absolute atomic E-state index is 12.1. The molecule has 0 saturated heterocycles. The number of hydrogen-bond donors (Lipinski definition) is 0. The predicted octanol–water partition coefficient (Wildman–Crippen LogP) is 2.64. The van der Waals surface area contributed by atoms with E-state index in [1.165, 1.54) is 0 Å². The lowest BCUT2D eigenvalue weighted by molar-refractivity contribution is 0.0979. The summed E-state index contributed by atoms with van der Waals surface area (Å²) >= 11 is 0. The zero-order valence-corrected chi connectivity index (χ0v) is 10.2. The molecule has 17 heavy (non-hydrogen) atoms. The molecule has 88 valence electrons. The zero-order chi connectivity index (χ0) is 12.3. The molecule has 0 aliphatic rings. The summed E-state index contributed by atoms with van der Waals surface area (Å²) < 4.78 is 1.88. The average Bonchev–Trinajstić information content (AvgIpc) is 2.80. The molecule has 3 nitrogen and oxygen atoms in total. The van der Waals surface area contributed by atoms with Gasteiger partial charge >= 0.3 is 0 Å². The Morgan fingerprint density at radius 3 is 2.82 bits per heavy atom. The van der Waals surface area contributed by atoms with E-state index in [-0.39, 0.29) is 5.78 Å². The Hall–Kier alpha value is -1.90. The molecule has 0 saturated carbocycles. The summed E-state index contributed by atoms with van der Waals surface area (Å²) in [6.07, 6.45) is 3.93. The van der Waals surface area contributed by atoms with Crippen LogP contribution >= 0.6 is 0 Å². The summed E-state index contributed by atoms with van der Waals surface area (Å²) in [6.45, 7) is 4.80. The van der Waals surface area contributed by atoms with E-state index in [1.54, 1.807) is 6.20 Å². The number of ketones is 1. The third-order valence-corrected chi connectivity index (χ3v) is 2.92. The van der Waals surface area contributed by atoms with Gasteiger partial charge in [-0.05, 0) is 25.0 Å². The van der Waals surface area contributed by atoms with E-state index in [9.17, 15) is 4.79 Å². The Balaban J connectivity index is 2.20. The van der Waals surface area contributed by atoms with Crippen LogP contribution in [0.25, 0.3) is 0 Å². The highest BCUT2D eigenvalue weighted by atomic mass is 16.1. The highest BCUT2D eigenvalue weighted by Gasteiger charge is 2.13. The van der Waals surface area contributed by atoms with Gasteiger partial charge in [-0.3, -0.25) is 4.79 Å². The molecule has 1 heterocycles. The Morgan fingerprint density at radius 1 is 1.35 bits per heavy atom. The molecule has 0 aliphatic heterocycles. The number of carbonyl (C=O) groups excluding carboxylic acids is 1. The molecule has 0 amide bonds. The number of Topliss-reactive ketones (excluding diaryl/α,β-unsaturated/α-hetero) is 1. The topological polar surface area (TPSA) is 34.9 Å². The third kappa shape index (κ3) is 2.44. The fourth-order valence-electron chi connectivity index (χ4n) is 1.88. The van der Waals surface area contributed by atoms with Gasteiger partial charge in [-0.25, -0.2) is 4.98 Å². The van der Waals surface area contributed by atoms with Crippen molar-refractivity contribution in [2.45, 2.75) is 26.8 Å². The van der Waals surface area contributed by atoms with Crippen LogP contribution in [0.2, 0.25) is 0 Å². The highest BCUT2D eigenvalue weighted by Crippen LogP contribution is 2.11. The molecule has 1 aromatic heterocycles. The van der Waals surface area contributed by atoms with Crippen molar-refractivity contribution in [1.29, 1.82) is 0 Å². The van der Waals surface area contributed by atoms with Crippen LogP contribution in [0.5, 0.6) is 0 Å². The van der Waals surface area contributed by atoms with Crippen molar-refractivity contribution in [2.24, 2.45) is 0 Å². The van der Waals surface area contributed by atoms with E-state index in [4.69, 9.17) is 0 Å². The number of carbonyl (C=O) groups is 1.